The first kappa shape index (κ1) is 13.6. The van der Waals surface area contributed by atoms with Crippen molar-refractivity contribution in [3.8, 4) is 6.07 Å². The molecule has 0 bridgehead atoms. The maximum absolute atomic E-state index is 9.19. The van der Waals surface area contributed by atoms with Crippen molar-refractivity contribution in [2.75, 3.05) is 24.6 Å². The SMILES string of the molecule is Cc1cnn(C[C@H]2CN(c3ncccc3C#N)CCO2)c1. The highest BCUT2D eigenvalue weighted by atomic mass is 16.5. The standard InChI is InChI=1S/C15H17N5O/c1-12-8-18-20(9-12)11-14-10-19(5-6-21-14)15-13(7-16)3-2-4-17-15/h2-4,8-9,14H,5-6,10-11H2,1H3/t14-/m1/s1. The van der Waals surface area contributed by atoms with E-state index in [0.29, 0.717) is 25.3 Å². The van der Waals surface area contributed by atoms with E-state index in [0.717, 1.165) is 17.9 Å². The van der Waals surface area contributed by atoms with E-state index in [1.807, 2.05) is 24.0 Å². The number of pyridine rings is 1. The summed E-state index contributed by atoms with van der Waals surface area (Å²) in [5.41, 5.74) is 1.74. The molecule has 1 aliphatic heterocycles. The number of hydrogen-bond donors (Lipinski definition) is 0. The van der Waals surface area contributed by atoms with Gasteiger partial charge in [-0.05, 0) is 24.6 Å². The largest absolute Gasteiger partial charge is 0.373 e. The number of rotatable bonds is 3. The van der Waals surface area contributed by atoms with Gasteiger partial charge in [0.15, 0.2) is 0 Å². The highest BCUT2D eigenvalue weighted by Crippen LogP contribution is 2.19. The van der Waals surface area contributed by atoms with E-state index in [4.69, 9.17) is 4.74 Å². The monoisotopic (exact) mass is 283 g/mol. The topological polar surface area (TPSA) is 67.0 Å². The van der Waals surface area contributed by atoms with Crippen LogP contribution in [0, 0.1) is 18.3 Å². The lowest BCUT2D eigenvalue weighted by atomic mass is 10.2. The van der Waals surface area contributed by atoms with Gasteiger partial charge in [0.1, 0.15) is 11.9 Å². The molecule has 0 radical (unpaired) electrons. The second-order valence-electron chi connectivity index (χ2n) is 5.16. The summed E-state index contributed by atoms with van der Waals surface area (Å²) < 4.78 is 7.70. The summed E-state index contributed by atoms with van der Waals surface area (Å²) in [7, 11) is 0. The van der Waals surface area contributed by atoms with E-state index < -0.39 is 0 Å². The molecule has 0 amide bonds. The average molecular weight is 283 g/mol. The van der Waals surface area contributed by atoms with Crippen LogP contribution >= 0.6 is 0 Å². The first-order chi connectivity index (χ1) is 10.3. The number of aryl methyl sites for hydroxylation is 1. The Bertz CT molecular complexity index is 660. The second kappa shape index (κ2) is 5.94. The molecule has 6 heteroatoms. The third-order valence-corrected chi connectivity index (χ3v) is 3.50. The third-order valence-electron chi connectivity index (χ3n) is 3.50. The number of nitrogens with zero attached hydrogens (tertiary/aromatic N) is 5. The highest BCUT2D eigenvalue weighted by Gasteiger charge is 2.23. The molecule has 1 atom stereocenters. The van der Waals surface area contributed by atoms with Crippen LogP contribution in [0.1, 0.15) is 11.1 Å². The average Bonchev–Trinajstić information content (AvgIpc) is 2.92. The van der Waals surface area contributed by atoms with Gasteiger partial charge in [0.2, 0.25) is 0 Å². The molecule has 1 aliphatic rings. The van der Waals surface area contributed by atoms with Gasteiger partial charge in [-0.25, -0.2) is 4.98 Å². The summed E-state index contributed by atoms with van der Waals surface area (Å²) in [6, 6.07) is 5.78. The van der Waals surface area contributed by atoms with Crippen molar-refractivity contribution in [3.63, 3.8) is 0 Å². The highest BCUT2D eigenvalue weighted by molar-refractivity contribution is 5.53. The Morgan fingerprint density at radius 3 is 3.19 bits per heavy atom. The fourth-order valence-corrected chi connectivity index (χ4v) is 2.53. The summed E-state index contributed by atoms with van der Waals surface area (Å²) >= 11 is 0. The van der Waals surface area contributed by atoms with Crippen LogP contribution in [0.25, 0.3) is 0 Å². The minimum Gasteiger partial charge on any atom is -0.373 e. The molecule has 3 heterocycles. The minimum atomic E-state index is 0.0478. The van der Waals surface area contributed by atoms with Gasteiger partial charge in [-0.1, -0.05) is 0 Å². The van der Waals surface area contributed by atoms with Crippen LogP contribution in [0.2, 0.25) is 0 Å². The van der Waals surface area contributed by atoms with Crippen LogP contribution < -0.4 is 4.90 Å². The smallest absolute Gasteiger partial charge is 0.146 e. The first-order valence-electron chi connectivity index (χ1n) is 6.97. The van der Waals surface area contributed by atoms with Crippen LogP contribution in [0.4, 0.5) is 5.82 Å². The molecule has 0 saturated carbocycles. The van der Waals surface area contributed by atoms with Gasteiger partial charge in [-0.15, -0.1) is 0 Å². The third kappa shape index (κ3) is 3.03. The lowest BCUT2D eigenvalue weighted by Gasteiger charge is -2.34. The molecule has 2 aromatic heterocycles. The maximum Gasteiger partial charge on any atom is 0.146 e. The van der Waals surface area contributed by atoms with Crippen molar-refractivity contribution in [1.82, 2.24) is 14.8 Å². The number of hydrogen-bond acceptors (Lipinski definition) is 5. The van der Waals surface area contributed by atoms with Crippen LogP contribution in [-0.4, -0.2) is 40.6 Å². The van der Waals surface area contributed by atoms with Gasteiger partial charge in [-0.3, -0.25) is 4.68 Å². The van der Waals surface area contributed by atoms with E-state index in [9.17, 15) is 5.26 Å². The van der Waals surface area contributed by atoms with E-state index in [1.165, 1.54) is 0 Å². The Hall–Kier alpha value is -2.39. The zero-order valence-electron chi connectivity index (χ0n) is 11.9. The summed E-state index contributed by atoms with van der Waals surface area (Å²) in [4.78, 5) is 6.46. The number of morpholine rings is 1. The number of anilines is 1. The molecule has 3 rings (SSSR count). The molecular formula is C15H17N5O. The van der Waals surface area contributed by atoms with Gasteiger partial charge in [0, 0.05) is 25.5 Å². The molecule has 21 heavy (non-hydrogen) atoms. The molecule has 0 aliphatic carbocycles. The Labute approximate surface area is 123 Å². The quantitative estimate of drug-likeness (QED) is 0.851. The molecule has 108 valence electrons. The van der Waals surface area contributed by atoms with Crippen molar-refractivity contribution in [2.45, 2.75) is 19.6 Å². The Morgan fingerprint density at radius 2 is 2.43 bits per heavy atom. The van der Waals surface area contributed by atoms with Crippen molar-refractivity contribution >= 4 is 5.82 Å². The van der Waals surface area contributed by atoms with Gasteiger partial charge >= 0.3 is 0 Å². The van der Waals surface area contributed by atoms with Crippen LogP contribution in [0.15, 0.2) is 30.7 Å². The predicted octanol–water partition coefficient (Wildman–Crippen LogP) is 1.36. The van der Waals surface area contributed by atoms with Gasteiger partial charge in [-0.2, -0.15) is 10.4 Å². The predicted molar refractivity (Wildman–Crippen MR) is 77.9 cm³/mol. The van der Waals surface area contributed by atoms with Crippen LogP contribution in [-0.2, 0) is 11.3 Å². The fraction of sp³-hybridized carbons (Fsp3) is 0.400. The molecule has 0 spiro atoms. The summed E-state index contributed by atoms with van der Waals surface area (Å²) in [6.45, 7) is 4.82. The van der Waals surface area contributed by atoms with Crippen molar-refractivity contribution in [3.05, 3.63) is 41.9 Å². The molecule has 2 aromatic rings. The molecule has 6 nitrogen and oxygen atoms in total. The minimum absolute atomic E-state index is 0.0478. The van der Waals surface area contributed by atoms with E-state index in [-0.39, 0.29) is 6.10 Å². The summed E-state index contributed by atoms with van der Waals surface area (Å²) in [5, 5.41) is 13.5. The lowest BCUT2D eigenvalue weighted by Crippen LogP contribution is -2.45. The molecule has 0 N–H and O–H groups in total. The Balaban J connectivity index is 1.72. The van der Waals surface area contributed by atoms with Gasteiger partial charge < -0.3 is 9.64 Å². The van der Waals surface area contributed by atoms with Gasteiger partial charge in [0.05, 0.1) is 31.0 Å². The molecule has 0 unspecified atom stereocenters. The normalized spacial score (nSPS) is 18.5. The molecular weight excluding hydrogens is 266 g/mol. The maximum atomic E-state index is 9.19. The van der Waals surface area contributed by atoms with Crippen molar-refractivity contribution < 1.29 is 4.74 Å². The fourth-order valence-electron chi connectivity index (χ4n) is 2.53. The second-order valence-corrected chi connectivity index (χ2v) is 5.16. The van der Waals surface area contributed by atoms with Crippen molar-refractivity contribution in [1.29, 1.82) is 5.26 Å². The van der Waals surface area contributed by atoms with E-state index >= 15 is 0 Å². The number of ether oxygens (including phenoxy) is 1. The summed E-state index contributed by atoms with van der Waals surface area (Å²) in [6.07, 6.45) is 5.61. The lowest BCUT2D eigenvalue weighted by molar-refractivity contribution is 0.0271. The van der Waals surface area contributed by atoms with Crippen LogP contribution in [0.3, 0.4) is 0 Å². The molecule has 1 fully saturated rings. The van der Waals surface area contributed by atoms with Crippen molar-refractivity contribution in [2.24, 2.45) is 0 Å². The van der Waals surface area contributed by atoms with E-state index in [2.05, 4.69) is 21.1 Å². The molecule has 1 saturated heterocycles. The van der Waals surface area contributed by atoms with E-state index in [1.54, 1.807) is 18.3 Å². The molecule has 0 aromatic carbocycles. The van der Waals surface area contributed by atoms with Crippen LogP contribution in [0.5, 0.6) is 0 Å². The van der Waals surface area contributed by atoms with Gasteiger partial charge in [0.25, 0.3) is 0 Å². The zero-order valence-corrected chi connectivity index (χ0v) is 11.9. The Morgan fingerprint density at radius 1 is 1.52 bits per heavy atom. The first-order valence-corrected chi connectivity index (χ1v) is 6.97. The zero-order chi connectivity index (χ0) is 14.7. The Kier molecular flexibility index (Phi) is 3.84. The number of nitriles is 1. The summed E-state index contributed by atoms with van der Waals surface area (Å²) in [5.74, 6) is 0.741. The number of aromatic nitrogens is 3.